The molecule has 0 spiro atoms. The minimum absolute atomic E-state index is 0.137. The van der Waals surface area contributed by atoms with Gasteiger partial charge < -0.3 is 25.2 Å². The summed E-state index contributed by atoms with van der Waals surface area (Å²) in [6.07, 6.45) is 2.21. The molecule has 5 rings (SSSR count). The van der Waals surface area contributed by atoms with Gasteiger partial charge in [-0.1, -0.05) is 24.3 Å². The van der Waals surface area contributed by atoms with Crippen LogP contribution in [0.4, 0.5) is 10.5 Å². The number of aliphatic hydroxyl groups is 1. The van der Waals surface area contributed by atoms with E-state index in [-0.39, 0.29) is 24.0 Å². The number of hydrogen-bond donors (Lipinski definition) is 3. The number of anilines is 1. The second kappa shape index (κ2) is 7.85. The maximum atomic E-state index is 13.4. The fourth-order valence-corrected chi connectivity index (χ4v) is 5.04. The molecule has 8 nitrogen and oxygen atoms in total. The minimum Gasteiger partial charge on any atom is -0.396 e. The molecule has 0 radical (unpaired) electrons. The molecule has 3 heterocycles. The van der Waals surface area contributed by atoms with Crippen molar-refractivity contribution in [2.24, 2.45) is 17.8 Å². The number of amides is 3. The van der Waals surface area contributed by atoms with Gasteiger partial charge in [0.15, 0.2) is 0 Å². The second-order valence-electron chi connectivity index (χ2n) is 8.69. The smallest absolute Gasteiger partial charge is 0.323 e. The lowest BCUT2D eigenvalue weighted by Crippen LogP contribution is -2.51. The zero-order valence-electron chi connectivity index (χ0n) is 17.1. The number of urea groups is 1. The van der Waals surface area contributed by atoms with Crippen LogP contribution >= 0.6 is 0 Å². The van der Waals surface area contributed by atoms with Crippen LogP contribution in [-0.2, 0) is 11.3 Å². The predicted octanol–water partition coefficient (Wildman–Crippen LogP) is 1.57. The SMILES string of the molecule is O=C(NCC1CC1)[C@H]1[C@H](CO)[C@H]2Cn3c(cccc3=O)[C@H]2N1C(=O)Nc1ccccc1. The Hall–Kier alpha value is -3.13. The van der Waals surface area contributed by atoms with Gasteiger partial charge in [0.2, 0.25) is 5.91 Å². The van der Waals surface area contributed by atoms with Crippen molar-refractivity contribution in [3.63, 3.8) is 0 Å². The number of carbonyl (C=O) groups is 2. The third-order valence-corrected chi connectivity index (χ3v) is 6.74. The zero-order chi connectivity index (χ0) is 21.5. The number of pyridine rings is 1. The van der Waals surface area contributed by atoms with Gasteiger partial charge in [-0.05, 0) is 37.0 Å². The van der Waals surface area contributed by atoms with Crippen molar-refractivity contribution < 1.29 is 14.7 Å². The summed E-state index contributed by atoms with van der Waals surface area (Å²) in [4.78, 5) is 40.6. The Morgan fingerprint density at radius 2 is 1.84 bits per heavy atom. The zero-order valence-corrected chi connectivity index (χ0v) is 17.1. The van der Waals surface area contributed by atoms with E-state index in [1.54, 1.807) is 27.7 Å². The Bertz CT molecular complexity index is 1050. The highest BCUT2D eigenvalue weighted by molar-refractivity contribution is 5.95. The highest BCUT2D eigenvalue weighted by Crippen LogP contribution is 2.49. The number of benzene rings is 1. The molecule has 4 atom stereocenters. The summed E-state index contributed by atoms with van der Waals surface area (Å²) in [6.45, 7) is 0.736. The van der Waals surface area contributed by atoms with Crippen LogP contribution in [0.15, 0.2) is 53.3 Å². The van der Waals surface area contributed by atoms with Crippen molar-refractivity contribution in [2.75, 3.05) is 18.5 Å². The molecule has 1 aliphatic carbocycles. The lowest BCUT2D eigenvalue weighted by atomic mass is 9.88. The minimum atomic E-state index is -0.800. The number of aromatic nitrogens is 1. The standard InChI is InChI=1S/C23H26N4O4/c28-13-17-16-12-26-18(7-4-8-19(26)29)20(16)27(21(17)22(30)24-11-14-9-10-14)23(31)25-15-5-2-1-3-6-15/h1-8,14,16-17,20-21,28H,9-13H2,(H,24,30)(H,25,31)/t16-,17-,20+,21-/m1/s1. The summed E-state index contributed by atoms with van der Waals surface area (Å²) in [5.41, 5.74) is 1.19. The number of rotatable bonds is 5. The van der Waals surface area contributed by atoms with Crippen LogP contribution in [0.5, 0.6) is 0 Å². The van der Waals surface area contributed by atoms with E-state index >= 15 is 0 Å². The van der Waals surface area contributed by atoms with Crippen LogP contribution in [0.3, 0.4) is 0 Å². The summed E-state index contributed by atoms with van der Waals surface area (Å²) in [5, 5.41) is 16.1. The van der Waals surface area contributed by atoms with E-state index in [0.29, 0.717) is 30.4 Å². The maximum Gasteiger partial charge on any atom is 0.323 e. The number of fused-ring (bicyclic) bond motifs is 3. The normalized spacial score (nSPS) is 26.3. The molecule has 3 amide bonds. The van der Waals surface area contributed by atoms with E-state index in [4.69, 9.17) is 0 Å². The molecule has 162 valence electrons. The molecule has 2 aromatic rings. The van der Waals surface area contributed by atoms with Gasteiger partial charge in [-0.25, -0.2) is 4.79 Å². The summed E-state index contributed by atoms with van der Waals surface area (Å²) < 4.78 is 1.65. The highest BCUT2D eigenvalue weighted by Gasteiger charge is 2.57. The lowest BCUT2D eigenvalue weighted by Gasteiger charge is -2.31. The van der Waals surface area contributed by atoms with Crippen molar-refractivity contribution in [3.8, 4) is 0 Å². The van der Waals surface area contributed by atoms with E-state index in [1.807, 2.05) is 24.3 Å². The Labute approximate surface area is 179 Å². The van der Waals surface area contributed by atoms with E-state index in [0.717, 1.165) is 12.8 Å². The van der Waals surface area contributed by atoms with Gasteiger partial charge in [0.25, 0.3) is 5.56 Å². The van der Waals surface area contributed by atoms with Gasteiger partial charge in [0.1, 0.15) is 6.04 Å². The van der Waals surface area contributed by atoms with Crippen LogP contribution in [0, 0.1) is 17.8 Å². The summed E-state index contributed by atoms with van der Waals surface area (Å²) >= 11 is 0. The van der Waals surface area contributed by atoms with Crippen LogP contribution in [0.2, 0.25) is 0 Å². The maximum absolute atomic E-state index is 13.4. The number of nitrogens with one attached hydrogen (secondary N) is 2. The first-order chi connectivity index (χ1) is 15.1. The first kappa shape index (κ1) is 19.8. The summed E-state index contributed by atoms with van der Waals surface area (Å²) in [6, 6.07) is 12.4. The molecule has 2 aliphatic heterocycles. The molecule has 0 unspecified atom stereocenters. The van der Waals surface area contributed by atoms with Crippen molar-refractivity contribution >= 4 is 17.6 Å². The lowest BCUT2D eigenvalue weighted by molar-refractivity contribution is -0.126. The molecule has 2 fully saturated rings. The number of likely N-dealkylation sites (tertiary alicyclic amines) is 1. The van der Waals surface area contributed by atoms with Crippen LogP contribution < -0.4 is 16.2 Å². The van der Waals surface area contributed by atoms with Crippen molar-refractivity contribution in [2.45, 2.75) is 31.5 Å². The first-order valence-corrected chi connectivity index (χ1v) is 10.8. The van der Waals surface area contributed by atoms with Crippen LogP contribution in [-0.4, -0.2) is 45.7 Å². The third-order valence-electron chi connectivity index (χ3n) is 6.74. The van der Waals surface area contributed by atoms with Crippen LogP contribution in [0.1, 0.15) is 24.6 Å². The fraction of sp³-hybridized carbons (Fsp3) is 0.435. The second-order valence-corrected chi connectivity index (χ2v) is 8.69. The fourth-order valence-electron chi connectivity index (χ4n) is 5.04. The van der Waals surface area contributed by atoms with Crippen LogP contribution in [0.25, 0.3) is 0 Å². The monoisotopic (exact) mass is 422 g/mol. The van der Waals surface area contributed by atoms with Crippen molar-refractivity contribution in [1.29, 1.82) is 0 Å². The molecule has 1 aromatic carbocycles. The molecule has 0 bridgehead atoms. The van der Waals surface area contributed by atoms with Crippen molar-refractivity contribution in [1.82, 2.24) is 14.8 Å². The van der Waals surface area contributed by atoms with Gasteiger partial charge in [-0.3, -0.25) is 9.59 Å². The molecule has 31 heavy (non-hydrogen) atoms. The van der Waals surface area contributed by atoms with E-state index in [1.165, 1.54) is 6.07 Å². The number of aliphatic hydroxyl groups excluding tert-OH is 1. The first-order valence-electron chi connectivity index (χ1n) is 10.8. The average Bonchev–Trinajstić information content (AvgIpc) is 3.44. The number of hydrogen-bond acceptors (Lipinski definition) is 4. The number of para-hydroxylation sites is 1. The van der Waals surface area contributed by atoms with Crippen molar-refractivity contribution in [3.05, 3.63) is 64.6 Å². The molecule has 1 aromatic heterocycles. The highest BCUT2D eigenvalue weighted by atomic mass is 16.3. The molecular formula is C23H26N4O4. The van der Waals surface area contributed by atoms with Gasteiger partial charge in [-0.15, -0.1) is 0 Å². The molecule has 8 heteroatoms. The Balaban J connectivity index is 1.51. The Morgan fingerprint density at radius 1 is 1.06 bits per heavy atom. The Morgan fingerprint density at radius 3 is 2.55 bits per heavy atom. The van der Waals surface area contributed by atoms with Gasteiger partial charge in [0.05, 0.1) is 6.04 Å². The molecule has 3 aliphatic rings. The Kier molecular flexibility index (Phi) is 5.02. The molecule has 1 saturated carbocycles. The molecule has 3 N–H and O–H groups in total. The van der Waals surface area contributed by atoms with Gasteiger partial charge in [0, 0.05) is 49.0 Å². The predicted molar refractivity (Wildman–Crippen MR) is 114 cm³/mol. The van der Waals surface area contributed by atoms with Gasteiger partial charge in [-0.2, -0.15) is 0 Å². The summed E-state index contributed by atoms with van der Waals surface area (Å²) in [5.74, 6) is -0.403. The third kappa shape index (κ3) is 3.50. The van der Waals surface area contributed by atoms with E-state index in [2.05, 4.69) is 10.6 Å². The summed E-state index contributed by atoms with van der Waals surface area (Å²) in [7, 11) is 0. The quantitative estimate of drug-likeness (QED) is 0.680. The number of carbonyl (C=O) groups excluding carboxylic acids is 2. The van der Waals surface area contributed by atoms with Gasteiger partial charge >= 0.3 is 6.03 Å². The number of nitrogens with zero attached hydrogens (tertiary/aromatic N) is 2. The topological polar surface area (TPSA) is 104 Å². The molecular weight excluding hydrogens is 396 g/mol. The van der Waals surface area contributed by atoms with E-state index < -0.39 is 24.0 Å². The largest absolute Gasteiger partial charge is 0.396 e. The molecule has 1 saturated heterocycles. The average molecular weight is 422 g/mol. The van der Waals surface area contributed by atoms with E-state index in [9.17, 15) is 19.5 Å².